The molecule has 0 saturated carbocycles. The molecule has 0 fully saturated rings. The first kappa shape index (κ1) is 20.1. The predicted molar refractivity (Wildman–Crippen MR) is 113 cm³/mol. The van der Waals surface area contributed by atoms with Crippen LogP contribution in [0.15, 0.2) is 66.7 Å². The molecule has 0 radical (unpaired) electrons. The molecule has 3 aromatic rings. The molecule has 0 saturated heterocycles. The zero-order valence-electron chi connectivity index (χ0n) is 16.7. The van der Waals surface area contributed by atoms with Gasteiger partial charge < -0.3 is 14.8 Å². The molecule has 5 heteroatoms. The second-order valence-corrected chi connectivity index (χ2v) is 6.72. The maximum atomic E-state index is 12.3. The minimum atomic E-state index is -0.234. The Bertz CT molecular complexity index is 1030. The predicted octanol–water partition coefficient (Wildman–Crippen LogP) is 4.83. The van der Waals surface area contributed by atoms with Gasteiger partial charge in [-0.05, 0) is 73.5 Å². The normalized spacial score (nSPS) is 10.3. The van der Waals surface area contributed by atoms with E-state index in [-0.39, 0.29) is 18.3 Å². The number of Topliss-reactive ketones (excluding diaryl/α,β-unsaturated/α-hetero) is 1. The van der Waals surface area contributed by atoms with E-state index < -0.39 is 0 Å². The molecule has 0 heterocycles. The molecule has 0 aliphatic rings. The summed E-state index contributed by atoms with van der Waals surface area (Å²) in [4.78, 5) is 24.7. The molecule has 0 atom stereocenters. The number of rotatable bonds is 7. The molecule has 0 aliphatic carbocycles. The van der Waals surface area contributed by atoms with Crippen LogP contribution < -0.4 is 14.8 Å². The van der Waals surface area contributed by atoms with Gasteiger partial charge in [-0.2, -0.15) is 0 Å². The molecule has 0 spiro atoms. The van der Waals surface area contributed by atoms with Crippen LogP contribution in [0.2, 0.25) is 0 Å². The highest BCUT2D eigenvalue weighted by atomic mass is 16.5. The zero-order chi connectivity index (χ0) is 20.8. The highest BCUT2D eigenvalue weighted by Crippen LogP contribution is 2.19. The second kappa shape index (κ2) is 9.06. The fourth-order valence-corrected chi connectivity index (χ4v) is 2.75. The van der Waals surface area contributed by atoms with Crippen LogP contribution in [-0.4, -0.2) is 25.4 Å². The van der Waals surface area contributed by atoms with E-state index in [4.69, 9.17) is 9.47 Å². The summed E-state index contributed by atoms with van der Waals surface area (Å²) in [5, 5.41) is 2.82. The van der Waals surface area contributed by atoms with Crippen molar-refractivity contribution in [1.29, 1.82) is 0 Å². The highest BCUT2D eigenvalue weighted by molar-refractivity contribution is 6.04. The van der Waals surface area contributed by atoms with Gasteiger partial charge in [-0.3, -0.25) is 9.59 Å². The quantitative estimate of drug-likeness (QED) is 0.588. The lowest BCUT2D eigenvalue weighted by Gasteiger charge is -2.09. The van der Waals surface area contributed by atoms with Crippen LogP contribution in [0.3, 0.4) is 0 Å². The first-order valence-corrected chi connectivity index (χ1v) is 9.25. The number of hydrogen-bond acceptors (Lipinski definition) is 4. The van der Waals surface area contributed by atoms with E-state index in [2.05, 4.69) is 5.32 Å². The molecule has 3 aromatic carbocycles. The Hall–Kier alpha value is -3.60. The van der Waals surface area contributed by atoms with Crippen LogP contribution in [0.5, 0.6) is 11.5 Å². The fraction of sp³-hybridized carbons (Fsp3) is 0.167. The average Bonchev–Trinajstić information content (AvgIpc) is 2.75. The molecule has 29 heavy (non-hydrogen) atoms. The number of ether oxygens (including phenoxy) is 2. The van der Waals surface area contributed by atoms with Crippen molar-refractivity contribution in [3.63, 3.8) is 0 Å². The number of carbonyl (C=O) groups excluding carboxylic acids is 2. The van der Waals surface area contributed by atoms with Gasteiger partial charge in [0.2, 0.25) is 0 Å². The van der Waals surface area contributed by atoms with Gasteiger partial charge in [-0.25, -0.2) is 0 Å². The molecular formula is C24H23NO4. The summed E-state index contributed by atoms with van der Waals surface area (Å²) in [5.41, 5.74) is 3.99. The van der Waals surface area contributed by atoms with Gasteiger partial charge >= 0.3 is 0 Å². The van der Waals surface area contributed by atoms with Crippen molar-refractivity contribution in [3.8, 4) is 11.5 Å². The lowest BCUT2D eigenvalue weighted by Crippen LogP contribution is -2.13. The molecule has 148 valence electrons. The minimum absolute atomic E-state index is 0.0436. The Morgan fingerprint density at radius 1 is 0.828 bits per heavy atom. The summed E-state index contributed by atoms with van der Waals surface area (Å²) in [6, 6.07) is 19.4. The van der Waals surface area contributed by atoms with E-state index >= 15 is 0 Å². The molecule has 0 aliphatic heterocycles. The summed E-state index contributed by atoms with van der Waals surface area (Å²) in [6.45, 7) is 3.94. The number of methoxy groups -OCH3 is 1. The minimum Gasteiger partial charge on any atom is -0.497 e. The van der Waals surface area contributed by atoms with Crippen LogP contribution >= 0.6 is 0 Å². The Labute approximate surface area is 170 Å². The summed E-state index contributed by atoms with van der Waals surface area (Å²) in [6.07, 6.45) is 0. The van der Waals surface area contributed by atoms with Crippen LogP contribution in [0.1, 0.15) is 31.8 Å². The average molecular weight is 389 g/mol. The SMILES string of the molecule is COc1cccc(C(=O)Nc2ccc(OCC(=O)c3ccc(C)c(C)c3)cc2)c1. The zero-order valence-corrected chi connectivity index (χ0v) is 16.7. The first-order valence-electron chi connectivity index (χ1n) is 9.25. The molecule has 0 unspecified atom stereocenters. The van der Waals surface area contributed by atoms with Crippen molar-refractivity contribution < 1.29 is 19.1 Å². The van der Waals surface area contributed by atoms with Crippen molar-refractivity contribution in [2.75, 3.05) is 19.0 Å². The topological polar surface area (TPSA) is 64.6 Å². The molecule has 0 bridgehead atoms. The molecule has 1 N–H and O–H groups in total. The fourth-order valence-electron chi connectivity index (χ4n) is 2.75. The third-order valence-electron chi connectivity index (χ3n) is 4.64. The van der Waals surface area contributed by atoms with E-state index in [1.807, 2.05) is 32.0 Å². The number of aryl methyl sites for hydroxylation is 2. The van der Waals surface area contributed by atoms with Gasteiger partial charge in [0.25, 0.3) is 5.91 Å². The summed E-state index contributed by atoms with van der Waals surface area (Å²) < 4.78 is 10.7. The van der Waals surface area contributed by atoms with E-state index in [9.17, 15) is 9.59 Å². The van der Waals surface area contributed by atoms with Gasteiger partial charge in [0.1, 0.15) is 11.5 Å². The number of hydrogen-bond donors (Lipinski definition) is 1. The third-order valence-corrected chi connectivity index (χ3v) is 4.64. The lowest BCUT2D eigenvalue weighted by atomic mass is 10.0. The monoisotopic (exact) mass is 389 g/mol. The van der Waals surface area contributed by atoms with E-state index in [1.165, 1.54) is 0 Å². The number of nitrogens with one attached hydrogen (secondary N) is 1. The largest absolute Gasteiger partial charge is 0.497 e. The van der Waals surface area contributed by atoms with Crippen molar-refractivity contribution in [1.82, 2.24) is 0 Å². The molecular weight excluding hydrogens is 366 g/mol. The van der Waals surface area contributed by atoms with Gasteiger partial charge in [-0.15, -0.1) is 0 Å². The van der Waals surface area contributed by atoms with E-state index in [1.54, 1.807) is 55.6 Å². The van der Waals surface area contributed by atoms with Crippen molar-refractivity contribution >= 4 is 17.4 Å². The van der Waals surface area contributed by atoms with Gasteiger partial charge in [-0.1, -0.05) is 18.2 Å². The number of anilines is 1. The lowest BCUT2D eigenvalue weighted by molar-refractivity contribution is 0.0921. The van der Waals surface area contributed by atoms with Crippen molar-refractivity contribution in [2.45, 2.75) is 13.8 Å². The van der Waals surface area contributed by atoms with Gasteiger partial charge in [0, 0.05) is 16.8 Å². The Balaban J connectivity index is 1.57. The smallest absolute Gasteiger partial charge is 0.255 e. The number of carbonyl (C=O) groups is 2. The van der Waals surface area contributed by atoms with E-state index in [0.717, 1.165) is 11.1 Å². The van der Waals surface area contributed by atoms with Gasteiger partial charge in [0.15, 0.2) is 12.4 Å². The number of benzene rings is 3. The Kier molecular flexibility index (Phi) is 6.29. The summed E-state index contributed by atoms with van der Waals surface area (Å²) in [7, 11) is 1.56. The summed E-state index contributed by atoms with van der Waals surface area (Å²) >= 11 is 0. The maximum Gasteiger partial charge on any atom is 0.255 e. The van der Waals surface area contributed by atoms with Crippen LogP contribution in [0.25, 0.3) is 0 Å². The van der Waals surface area contributed by atoms with Crippen LogP contribution in [0, 0.1) is 13.8 Å². The standard InChI is InChI=1S/C24H23NO4/c1-16-7-8-18(13-17(16)2)23(26)15-29-21-11-9-20(10-12-21)25-24(27)19-5-4-6-22(14-19)28-3/h4-14H,15H2,1-3H3,(H,25,27). The summed E-state index contributed by atoms with van der Waals surface area (Å²) in [5.74, 6) is 0.863. The van der Waals surface area contributed by atoms with Crippen molar-refractivity contribution in [3.05, 3.63) is 89.0 Å². The number of amides is 1. The van der Waals surface area contributed by atoms with Gasteiger partial charge in [0.05, 0.1) is 7.11 Å². The molecule has 3 rings (SSSR count). The second-order valence-electron chi connectivity index (χ2n) is 6.72. The molecule has 5 nitrogen and oxygen atoms in total. The van der Waals surface area contributed by atoms with Crippen molar-refractivity contribution in [2.24, 2.45) is 0 Å². The Morgan fingerprint density at radius 2 is 1.59 bits per heavy atom. The first-order chi connectivity index (χ1) is 14.0. The number of ketones is 1. The molecule has 1 amide bonds. The maximum absolute atomic E-state index is 12.3. The van der Waals surface area contributed by atoms with Crippen LogP contribution in [0.4, 0.5) is 5.69 Å². The van der Waals surface area contributed by atoms with E-state index in [0.29, 0.717) is 28.3 Å². The third kappa shape index (κ3) is 5.23. The Morgan fingerprint density at radius 3 is 2.28 bits per heavy atom. The van der Waals surface area contributed by atoms with Crippen LogP contribution in [-0.2, 0) is 0 Å². The molecule has 0 aromatic heterocycles. The highest BCUT2D eigenvalue weighted by Gasteiger charge is 2.09.